The highest BCUT2D eigenvalue weighted by Gasteiger charge is 2.16. The molecule has 2 heterocycles. The number of methoxy groups -OCH3 is 1. The van der Waals surface area contributed by atoms with Crippen molar-refractivity contribution in [1.82, 2.24) is 25.1 Å². The van der Waals surface area contributed by atoms with Crippen molar-refractivity contribution in [2.45, 2.75) is 13.0 Å². The SMILES string of the molecule is COc1cccc(-c2nnc3ccc(OCCNC(=O)C(C)Oc4ccccc4F)nn23)c1. The topological polar surface area (TPSA) is 99.9 Å². The molecule has 0 spiro atoms. The van der Waals surface area contributed by atoms with E-state index >= 15 is 0 Å². The van der Waals surface area contributed by atoms with Crippen molar-refractivity contribution in [3.8, 4) is 28.8 Å². The van der Waals surface area contributed by atoms with E-state index in [1.54, 1.807) is 42.8 Å². The third kappa shape index (κ3) is 5.17. The van der Waals surface area contributed by atoms with Crippen molar-refractivity contribution < 1.29 is 23.4 Å². The summed E-state index contributed by atoms with van der Waals surface area (Å²) in [6.07, 6.45) is -0.862. The number of fused-ring (bicyclic) bond motifs is 1. The number of amides is 1. The summed E-state index contributed by atoms with van der Waals surface area (Å²) in [6.45, 7) is 1.94. The van der Waals surface area contributed by atoms with E-state index in [4.69, 9.17) is 14.2 Å². The number of aromatic nitrogens is 4. The number of nitrogens with one attached hydrogen (secondary N) is 1. The van der Waals surface area contributed by atoms with Crippen molar-refractivity contribution in [2.75, 3.05) is 20.3 Å². The molecule has 2 aromatic heterocycles. The van der Waals surface area contributed by atoms with Crippen LogP contribution in [0, 0.1) is 5.82 Å². The Morgan fingerprint density at radius 1 is 1.12 bits per heavy atom. The number of carbonyl (C=O) groups is 1. The number of carbonyl (C=O) groups excluding carboxylic acids is 1. The van der Waals surface area contributed by atoms with E-state index in [0.717, 1.165) is 5.56 Å². The van der Waals surface area contributed by atoms with Crippen molar-refractivity contribution in [1.29, 1.82) is 0 Å². The van der Waals surface area contributed by atoms with Gasteiger partial charge >= 0.3 is 0 Å². The fraction of sp³-hybridized carbons (Fsp3) is 0.217. The van der Waals surface area contributed by atoms with E-state index in [-0.39, 0.29) is 24.8 Å². The van der Waals surface area contributed by atoms with Gasteiger partial charge in [0.05, 0.1) is 13.7 Å². The first-order valence-electron chi connectivity index (χ1n) is 10.2. The summed E-state index contributed by atoms with van der Waals surface area (Å²) in [7, 11) is 1.59. The van der Waals surface area contributed by atoms with E-state index in [1.807, 2.05) is 24.3 Å². The quantitative estimate of drug-likeness (QED) is 0.391. The minimum Gasteiger partial charge on any atom is -0.497 e. The summed E-state index contributed by atoms with van der Waals surface area (Å²) in [5.74, 6) is 0.696. The predicted molar refractivity (Wildman–Crippen MR) is 118 cm³/mol. The Bertz CT molecular complexity index is 1260. The Hall–Kier alpha value is -4.21. The third-order valence-electron chi connectivity index (χ3n) is 4.73. The zero-order chi connectivity index (χ0) is 23.2. The normalized spacial score (nSPS) is 11.7. The molecule has 1 unspecified atom stereocenters. The zero-order valence-corrected chi connectivity index (χ0v) is 18.1. The van der Waals surface area contributed by atoms with Gasteiger partial charge in [-0.3, -0.25) is 4.79 Å². The fourth-order valence-corrected chi connectivity index (χ4v) is 3.05. The second-order valence-electron chi connectivity index (χ2n) is 7.03. The number of nitrogens with zero attached hydrogens (tertiary/aromatic N) is 4. The maximum atomic E-state index is 13.7. The number of benzene rings is 2. The van der Waals surface area contributed by atoms with Gasteiger partial charge in [-0.05, 0) is 37.3 Å². The van der Waals surface area contributed by atoms with Crippen LogP contribution in [0.2, 0.25) is 0 Å². The molecule has 0 bridgehead atoms. The van der Waals surface area contributed by atoms with Crippen molar-refractivity contribution in [3.05, 3.63) is 66.5 Å². The van der Waals surface area contributed by atoms with E-state index in [0.29, 0.717) is 23.1 Å². The lowest BCUT2D eigenvalue weighted by molar-refractivity contribution is -0.127. The number of ether oxygens (including phenoxy) is 3. The third-order valence-corrected chi connectivity index (χ3v) is 4.73. The van der Waals surface area contributed by atoms with Crippen LogP contribution in [-0.2, 0) is 4.79 Å². The first-order valence-corrected chi connectivity index (χ1v) is 10.2. The molecule has 0 saturated carbocycles. The molecule has 170 valence electrons. The van der Waals surface area contributed by atoms with Crippen molar-refractivity contribution in [3.63, 3.8) is 0 Å². The first kappa shape index (κ1) is 22.0. The molecular formula is C23H22FN5O4. The molecule has 1 N–H and O–H groups in total. The number of hydrogen-bond donors (Lipinski definition) is 1. The van der Waals surface area contributed by atoms with Gasteiger partial charge in [0.15, 0.2) is 29.1 Å². The molecular weight excluding hydrogens is 429 g/mol. The lowest BCUT2D eigenvalue weighted by Gasteiger charge is -2.15. The van der Waals surface area contributed by atoms with Crippen molar-refractivity contribution >= 4 is 11.6 Å². The molecule has 2 aromatic carbocycles. The van der Waals surface area contributed by atoms with Gasteiger partial charge < -0.3 is 19.5 Å². The van der Waals surface area contributed by atoms with Crippen LogP contribution < -0.4 is 19.5 Å². The molecule has 0 radical (unpaired) electrons. The lowest BCUT2D eigenvalue weighted by Crippen LogP contribution is -2.38. The largest absolute Gasteiger partial charge is 0.497 e. The molecule has 1 atom stereocenters. The summed E-state index contributed by atoms with van der Waals surface area (Å²) >= 11 is 0. The van der Waals surface area contributed by atoms with E-state index in [1.165, 1.54) is 12.1 Å². The number of halogens is 1. The second-order valence-corrected chi connectivity index (χ2v) is 7.03. The standard InChI is InChI=1S/C23H22FN5O4/c1-15(33-19-9-4-3-8-18(19)24)23(30)25-12-13-32-21-11-10-20-26-27-22(29(20)28-21)16-6-5-7-17(14-16)31-2/h3-11,14-15H,12-13H2,1-2H3,(H,25,30). The second kappa shape index (κ2) is 9.94. The molecule has 0 aliphatic heterocycles. The first-order chi connectivity index (χ1) is 16.0. The number of hydrogen-bond acceptors (Lipinski definition) is 7. The fourth-order valence-electron chi connectivity index (χ4n) is 3.05. The Morgan fingerprint density at radius 3 is 2.79 bits per heavy atom. The van der Waals surface area contributed by atoms with E-state index in [9.17, 15) is 9.18 Å². The van der Waals surface area contributed by atoms with Gasteiger partial charge in [-0.15, -0.1) is 15.3 Å². The molecule has 1 amide bonds. The molecule has 0 fully saturated rings. The monoisotopic (exact) mass is 451 g/mol. The maximum absolute atomic E-state index is 13.7. The van der Waals surface area contributed by atoms with Crippen LogP contribution in [0.1, 0.15) is 6.92 Å². The van der Waals surface area contributed by atoms with Crippen LogP contribution in [0.3, 0.4) is 0 Å². The Kier molecular flexibility index (Phi) is 6.63. The average molecular weight is 451 g/mol. The van der Waals surface area contributed by atoms with Crippen LogP contribution in [0.15, 0.2) is 60.7 Å². The number of para-hydroxylation sites is 1. The van der Waals surface area contributed by atoms with Gasteiger partial charge in [0.2, 0.25) is 5.88 Å². The van der Waals surface area contributed by atoms with Crippen LogP contribution in [-0.4, -0.2) is 52.1 Å². The molecule has 10 heteroatoms. The van der Waals surface area contributed by atoms with Crippen molar-refractivity contribution in [2.24, 2.45) is 0 Å². The molecule has 4 rings (SSSR count). The Labute approximate surface area is 189 Å². The van der Waals surface area contributed by atoms with Gasteiger partial charge in [-0.1, -0.05) is 24.3 Å². The minimum absolute atomic E-state index is 0.0229. The van der Waals surface area contributed by atoms with Crippen LogP contribution >= 0.6 is 0 Å². The average Bonchev–Trinajstić information content (AvgIpc) is 3.26. The molecule has 4 aromatic rings. The minimum atomic E-state index is -0.862. The lowest BCUT2D eigenvalue weighted by atomic mass is 10.2. The summed E-state index contributed by atoms with van der Waals surface area (Å²) in [5.41, 5.74) is 1.36. The maximum Gasteiger partial charge on any atom is 0.260 e. The highest BCUT2D eigenvalue weighted by molar-refractivity contribution is 5.80. The zero-order valence-electron chi connectivity index (χ0n) is 18.1. The van der Waals surface area contributed by atoms with Crippen LogP contribution in [0.25, 0.3) is 17.0 Å². The molecule has 0 aliphatic carbocycles. The predicted octanol–water partition coefficient (Wildman–Crippen LogP) is 2.90. The Morgan fingerprint density at radius 2 is 1.97 bits per heavy atom. The van der Waals surface area contributed by atoms with E-state index in [2.05, 4.69) is 20.6 Å². The van der Waals surface area contributed by atoms with Crippen LogP contribution in [0.4, 0.5) is 4.39 Å². The highest BCUT2D eigenvalue weighted by Crippen LogP contribution is 2.23. The molecule has 33 heavy (non-hydrogen) atoms. The van der Waals surface area contributed by atoms with Gasteiger partial charge in [-0.2, -0.15) is 4.52 Å². The van der Waals surface area contributed by atoms with Gasteiger partial charge in [0.1, 0.15) is 12.4 Å². The smallest absolute Gasteiger partial charge is 0.260 e. The summed E-state index contributed by atoms with van der Waals surface area (Å²) in [5, 5.41) is 15.5. The van der Waals surface area contributed by atoms with Crippen LogP contribution in [0.5, 0.6) is 17.4 Å². The molecule has 9 nitrogen and oxygen atoms in total. The summed E-state index contributed by atoms with van der Waals surface area (Å²) in [6, 6.07) is 16.8. The Balaban J connectivity index is 1.34. The number of rotatable bonds is 9. The summed E-state index contributed by atoms with van der Waals surface area (Å²) in [4.78, 5) is 12.2. The van der Waals surface area contributed by atoms with Gasteiger partial charge in [0.25, 0.3) is 5.91 Å². The molecule has 0 saturated heterocycles. The van der Waals surface area contributed by atoms with Gasteiger partial charge in [0, 0.05) is 11.6 Å². The molecule has 0 aliphatic rings. The highest BCUT2D eigenvalue weighted by atomic mass is 19.1. The summed E-state index contributed by atoms with van der Waals surface area (Å²) < 4.78 is 31.5. The van der Waals surface area contributed by atoms with Gasteiger partial charge in [-0.25, -0.2) is 4.39 Å². The van der Waals surface area contributed by atoms with E-state index < -0.39 is 11.9 Å².